The Balaban J connectivity index is 0.00000141. The van der Waals surface area contributed by atoms with E-state index in [1.54, 1.807) is 10.6 Å². The van der Waals surface area contributed by atoms with Crippen molar-refractivity contribution in [3.05, 3.63) is 62.3 Å². The van der Waals surface area contributed by atoms with Crippen LogP contribution in [-0.4, -0.2) is 25.1 Å². The van der Waals surface area contributed by atoms with Crippen molar-refractivity contribution in [1.82, 2.24) is 4.57 Å². The molecule has 0 radical (unpaired) electrons. The van der Waals surface area contributed by atoms with Crippen LogP contribution in [0, 0.1) is 5.82 Å². The van der Waals surface area contributed by atoms with Crippen molar-refractivity contribution in [1.29, 1.82) is 0 Å². The van der Waals surface area contributed by atoms with E-state index in [2.05, 4.69) is 5.32 Å². The highest BCUT2D eigenvalue weighted by atomic mass is 19.1. The molecule has 3 heterocycles. The maximum atomic E-state index is 14.1. The molecule has 0 saturated carbocycles. The number of carbonyl (C=O) groups excluding carboxylic acids is 1. The van der Waals surface area contributed by atoms with Gasteiger partial charge in [0.05, 0.1) is 18.3 Å². The second kappa shape index (κ2) is 9.67. The third kappa shape index (κ3) is 3.73. The number of nitrogens with zero attached hydrogens (tertiary/aromatic N) is 1. The van der Waals surface area contributed by atoms with Crippen LogP contribution in [-0.2, 0) is 27.4 Å². The molecule has 2 atom stereocenters. The molecule has 32 heavy (non-hydrogen) atoms. The van der Waals surface area contributed by atoms with E-state index in [9.17, 15) is 14.0 Å². The van der Waals surface area contributed by atoms with Gasteiger partial charge in [-0.25, -0.2) is 4.39 Å². The average molecular weight is 444 g/mol. The monoisotopic (exact) mass is 443 g/mol. The maximum Gasteiger partial charge on any atom is 0.257 e. The lowest BCUT2D eigenvalue weighted by Crippen LogP contribution is -2.28. The van der Waals surface area contributed by atoms with Gasteiger partial charge >= 0.3 is 0 Å². The van der Waals surface area contributed by atoms with Crippen molar-refractivity contribution in [2.24, 2.45) is 0 Å². The lowest BCUT2D eigenvalue weighted by molar-refractivity contribution is -0.116. The smallest absolute Gasteiger partial charge is 0.257 e. The molecule has 0 fully saturated rings. The highest BCUT2D eigenvalue weighted by Crippen LogP contribution is 2.46. The van der Waals surface area contributed by atoms with E-state index in [1.807, 2.05) is 26.8 Å². The normalized spacial score (nSPS) is 16.9. The molecule has 7 nitrogen and oxygen atoms in total. The lowest BCUT2D eigenvalue weighted by Gasteiger charge is -2.28. The van der Waals surface area contributed by atoms with Gasteiger partial charge < -0.3 is 29.9 Å². The molecule has 1 aromatic heterocycles. The van der Waals surface area contributed by atoms with Crippen molar-refractivity contribution >= 4 is 23.2 Å². The topological polar surface area (TPSA) is 95.6 Å². The fourth-order valence-corrected chi connectivity index (χ4v) is 4.51. The fraction of sp³-hybridized carbons (Fsp3) is 0.417. The molecule has 8 heteroatoms. The SMILES string of the molecule is CC.CCC1=C2Cn3c(cc(C(C=O)OC)c(COC)c3=O)C2Nc2cc(F)c(N)cc21. The summed E-state index contributed by atoms with van der Waals surface area (Å²) in [6, 6.07) is 4.54. The van der Waals surface area contributed by atoms with E-state index in [0.717, 1.165) is 16.7 Å². The van der Waals surface area contributed by atoms with Crippen LogP contribution in [0.5, 0.6) is 0 Å². The predicted molar refractivity (Wildman–Crippen MR) is 123 cm³/mol. The third-order valence-electron chi connectivity index (χ3n) is 5.92. The second-order valence-electron chi connectivity index (χ2n) is 7.47. The number of carbonyl (C=O) groups is 1. The summed E-state index contributed by atoms with van der Waals surface area (Å²) in [4.78, 5) is 24.9. The van der Waals surface area contributed by atoms with Gasteiger partial charge in [0.15, 0.2) is 6.29 Å². The van der Waals surface area contributed by atoms with Crippen molar-refractivity contribution in [3.63, 3.8) is 0 Å². The van der Waals surface area contributed by atoms with Crippen molar-refractivity contribution < 1.29 is 18.7 Å². The van der Waals surface area contributed by atoms with Crippen molar-refractivity contribution in [2.45, 2.75) is 52.5 Å². The van der Waals surface area contributed by atoms with E-state index >= 15 is 0 Å². The molecule has 1 aromatic carbocycles. The first kappa shape index (κ1) is 23.7. The molecule has 0 saturated heterocycles. The van der Waals surface area contributed by atoms with Gasteiger partial charge in [-0.1, -0.05) is 20.8 Å². The van der Waals surface area contributed by atoms with Crippen molar-refractivity contribution in [2.75, 3.05) is 25.3 Å². The Morgan fingerprint density at radius 3 is 2.62 bits per heavy atom. The van der Waals surface area contributed by atoms with Crippen LogP contribution in [0.3, 0.4) is 0 Å². The van der Waals surface area contributed by atoms with Gasteiger partial charge in [0.1, 0.15) is 11.9 Å². The number of aldehydes is 1. The Bertz CT molecular complexity index is 1120. The molecule has 0 amide bonds. The summed E-state index contributed by atoms with van der Waals surface area (Å²) in [6.07, 6.45) is 0.498. The van der Waals surface area contributed by atoms with Gasteiger partial charge in [0.25, 0.3) is 5.56 Å². The van der Waals surface area contributed by atoms with Crippen LogP contribution in [0.4, 0.5) is 15.8 Å². The van der Waals surface area contributed by atoms with Gasteiger partial charge in [-0.3, -0.25) is 4.79 Å². The molecule has 2 aromatic rings. The van der Waals surface area contributed by atoms with Gasteiger partial charge in [-0.15, -0.1) is 0 Å². The number of aromatic nitrogens is 1. The summed E-state index contributed by atoms with van der Waals surface area (Å²) >= 11 is 0. The number of hydrogen-bond donors (Lipinski definition) is 2. The number of halogens is 1. The Morgan fingerprint density at radius 2 is 2.03 bits per heavy atom. The van der Waals surface area contributed by atoms with Crippen LogP contribution in [0.2, 0.25) is 0 Å². The molecule has 4 rings (SSSR count). The summed E-state index contributed by atoms with van der Waals surface area (Å²) in [5, 5.41) is 3.35. The van der Waals surface area contributed by atoms with Gasteiger partial charge in [-0.05, 0) is 35.8 Å². The number of methoxy groups -OCH3 is 2. The van der Waals surface area contributed by atoms with E-state index in [0.29, 0.717) is 41.8 Å². The number of nitrogens with one attached hydrogen (secondary N) is 1. The quantitative estimate of drug-likeness (QED) is 0.518. The Morgan fingerprint density at radius 1 is 1.31 bits per heavy atom. The largest absolute Gasteiger partial charge is 0.396 e. The molecule has 0 spiro atoms. The number of benzene rings is 1. The van der Waals surface area contributed by atoms with Gasteiger partial charge in [0.2, 0.25) is 0 Å². The van der Waals surface area contributed by atoms with Crippen LogP contribution in [0.15, 0.2) is 28.6 Å². The van der Waals surface area contributed by atoms with Crippen LogP contribution < -0.4 is 16.6 Å². The number of nitrogen functional groups attached to an aromatic ring is 1. The maximum absolute atomic E-state index is 14.1. The standard InChI is InChI=1S/C22H24FN3O4.C2H6/c1-4-11-12-5-17(24)16(23)7-18(12)25-21-14(11)8-26-19(21)6-13(20(9-27)30-3)15(10-29-2)22(26)28;1-2/h5-7,9,20-21,25H,4,8,10,24H2,1-3H3;1-2H3. The number of allylic oxidation sites excluding steroid dienone is 1. The van der Waals surface area contributed by atoms with Crippen molar-refractivity contribution in [3.8, 4) is 0 Å². The summed E-state index contributed by atoms with van der Waals surface area (Å²) in [7, 11) is 2.92. The molecule has 2 aliphatic heterocycles. The Kier molecular flexibility index (Phi) is 7.16. The number of pyridine rings is 1. The first-order valence-corrected chi connectivity index (χ1v) is 10.8. The first-order chi connectivity index (χ1) is 15.4. The Hall–Kier alpha value is -2.97. The number of rotatable bonds is 6. The van der Waals surface area contributed by atoms with E-state index < -0.39 is 11.9 Å². The van der Waals surface area contributed by atoms with E-state index in [-0.39, 0.29) is 23.9 Å². The summed E-state index contributed by atoms with van der Waals surface area (Å²) in [5.74, 6) is -0.493. The highest BCUT2D eigenvalue weighted by Gasteiger charge is 2.37. The summed E-state index contributed by atoms with van der Waals surface area (Å²) in [6.45, 7) is 6.50. The zero-order chi connectivity index (χ0) is 23.6. The summed E-state index contributed by atoms with van der Waals surface area (Å²) < 4.78 is 26.3. The number of fused-ring (bicyclic) bond motifs is 4. The predicted octanol–water partition coefficient (Wildman–Crippen LogP) is 3.97. The average Bonchev–Trinajstić information content (AvgIpc) is 3.16. The van der Waals surface area contributed by atoms with Crippen LogP contribution in [0.25, 0.3) is 5.57 Å². The minimum atomic E-state index is -0.874. The fourth-order valence-electron chi connectivity index (χ4n) is 4.51. The van der Waals surface area contributed by atoms with E-state index in [1.165, 1.54) is 20.3 Å². The second-order valence-corrected chi connectivity index (χ2v) is 7.47. The van der Waals surface area contributed by atoms with Gasteiger partial charge in [-0.2, -0.15) is 0 Å². The number of ether oxygens (including phenoxy) is 2. The molecule has 0 aliphatic carbocycles. The minimum absolute atomic E-state index is 0.0713. The lowest BCUT2D eigenvalue weighted by atomic mass is 9.88. The summed E-state index contributed by atoms with van der Waals surface area (Å²) in [5.41, 5.74) is 10.8. The molecule has 172 valence electrons. The Labute approximate surface area is 187 Å². The number of hydrogen-bond acceptors (Lipinski definition) is 6. The molecular formula is C24H30FN3O4. The third-order valence-corrected chi connectivity index (χ3v) is 5.92. The molecule has 0 bridgehead atoms. The zero-order valence-electron chi connectivity index (χ0n) is 19.1. The molecular weight excluding hydrogens is 413 g/mol. The van der Waals surface area contributed by atoms with Crippen LogP contribution in [0.1, 0.15) is 61.7 Å². The highest BCUT2D eigenvalue weighted by molar-refractivity contribution is 5.85. The zero-order valence-corrected chi connectivity index (χ0v) is 19.1. The minimum Gasteiger partial charge on any atom is -0.396 e. The molecule has 2 aliphatic rings. The van der Waals surface area contributed by atoms with E-state index in [4.69, 9.17) is 15.2 Å². The van der Waals surface area contributed by atoms with Gasteiger partial charge in [0, 0.05) is 48.8 Å². The molecule has 2 unspecified atom stereocenters. The first-order valence-electron chi connectivity index (χ1n) is 10.8. The number of nitrogens with two attached hydrogens (primary N) is 1. The molecule has 3 N–H and O–H groups in total. The number of anilines is 2. The van der Waals surface area contributed by atoms with Crippen LogP contribution >= 0.6 is 0 Å².